The molecular weight excluding hydrogens is 260 g/mol. The first-order valence-corrected chi connectivity index (χ1v) is 6.18. The van der Waals surface area contributed by atoms with Crippen LogP contribution in [0.15, 0.2) is 28.7 Å². The van der Waals surface area contributed by atoms with Gasteiger partial charge in [0.05, 0.1) is 7.11 Å². The van der Waals surface area contributed by atoms with Gasteiger partial charge in [-0.3, -0.25) is 0 Å². The zero-order valence-corrected chi connectivity index (χ0v) is 11.5. The summed E-state index contributed by atoms with van der Waals surface area (Å²) in [6.07, 6.45) is 0. The van der Waals surface area contributed by atoms with Gasteiger partial charge in [0.1, 0.15) is 17.1 Å². The van der Waals surface area contributed by atoms with Crippen molar-refractivity contribution in [3.05, 3.63) is 35.6 Å². The fraction of sp³-hybridized carbons (Fsp3) is 0.267. The molecule has 106 valence electrons. The van der Waals surface area contributed by atoms with Gasteiger partial charge in [0.2, 0.25) is 0 Å². The highest BCUT2D eigenvalue weighted by atomic mass is 16.5. The highest BCUT2D eigenvalue weighted by molar-refractivity contribution is 5.92. The summed E-state index contributed by atoms with van der Waals surface area (Å²) in [4.78, 5) is 11.7. The normalized spacial score (nSPS) is 10.8. The van der Waals surface area contributed by atoms with Gasteiger partial charge in [0.15, 0.2) is 11.5 Å². The molecule has 1 heterocycles. The van der Waals surface area contributed by atoms with Crippen LogP contribution in [0, 0.1) is 0 Å². The second-order valence-electron chi connectivity index (χ2n) is 4.74. The minimum absolute atomic E-state index is 0.0172. The number of hydrogen-bond donors (Lipinski definition) is 2. The first-order chi connectivity index (χ1) is 9.43. The van der Waals surface area contributed by atoms with E-state index in [0.717, 1.165) is 0 Å². The van der Waals surface area contributed by atoms with E-state index in [-0.39, 0.29) is 17.4 Å². The molecule has 0 fully saturated rings. The average molecular weight is 276 g/mol. The number of hydrogen-bond acceptors (Lipinski definition) is 5. The van der Waals surface area contributed by atoms with E-state index in [2.05, 4.69) is 0 Å². The van der Waals surface area contributed by atoms with E-state index in [1.165, 1.54) is 19.2 Å². The quantitative estimate of drug-likeness (QED) is 0.664. The van der Waals surface area contributed by atoms with Gasteiger partial charge < -0.3 is 19.4 Å². The molecule has 0 spiro atoms. The van der Waals surface area contributed by atoms with Crippen molar-refractivity contribution in [2.45, 2.75) is 19.8 Å². The molecule has 5 nitrogen and oxygen atoms in total. The van der Waals surface area contributed by atoms with Crippen LogP contribution >= 0.6 is 0 Å². The SMILES string of the molecule is COC(=O)c1cc(-c2ccc(O)c(O)c2)oc1C(C)C. The molecule has 0 saturated carbocycles. The van der Waals surface area contributed by atoms with E-state index in [0.29, 0.717) is 22.6 Å². The number of carbonyl (C=O) groups excluding carboxylic acids is 1. The molecule has 0 atom stereocenters. The fourth-order valence-corrected chi connectivity index (χ4v) is 1.92. The molecule has 2 rings (SSSR count). The minimum Gasteiger partial charge on any atom is -0.504 e. The summed E-state index contributed by atoms with van der Waals surface area (Å²) >= 11 is 0. The lowest BCUT2D eigenvalue weighted by Crippen LogP contribution is -2.03. The van der Waals surface area contributed by atoms with Crippen molar-refractivity contribution >= 4 is 5.97 Å². The van der Waals surface area contributed by atoms with E-state index < -0.39 is 5.97 Å². The van der Waals surface area contributed by atoms with E-state index in [4.69, 9.17) is 9.15 Å². The number of aromatic hydroxyl groups is 2. The first-order valence-electron chi connectivity index (χ1n) is 6.18. The van der Waals surface area contributed by atoms with E-state index in [1.54, 1.807) is 12.1 Å². The number of furan rings is 1. The highest BCUT2D eigenvalue weighted by Crippen LogP contribution is 2.34. The van der Waals surface area contributed by atoms with Crippen LogP contribution in [-0.2, 0) is 4.74 Å². The third-order valence-electron chi connectivity index (χ3n) is 2.95. The van der Waals surface area contributed by atoms with Gasteiger partial charge in [-0.2, -0.15) is 0 Å². The third-order valence-corrected chi connectivity index (χ3v) is 2.95. The lowest BCUT2D eigenvalue weighted by molar-refractivity contribution is 0.0597. The maximum absolute atomic E-state index is 11.7. The highest BCUT2D eigenvalue weighted by Gasteiger charge is 2.21. The molecule has 0 bridgehead atoms. The summed E-state index contributed by atoms with van der Waals surface area (Å²) in [6, 6.07) is 5.91. The standard InChI is InChI=1S/C15H16O5/c1-8(2)14-10(15(18)19-3)7-13(20-14)9-4-5-11(16)12(17)6-9/h4-8,16-17H,1-3H3. The number of phenols is 2. The minimum atomic E-state index is -0.466. The van der Waals surface area contributed by atoms with Crippen LogP contribution in [0.5, 0.6) is 11.5 Å². The molecule has 1 aromatic heterocycles. The predicted molar refractivity (Wildman–Crippen MR) is 72.9 cm³/mol. The molecule has 2 aromatic rings. The van der Waals surface area contributed by atoms with Crippen molar-refractivity contribution in [2.24, 2.45) is 0 Å². The molecule has 0 aliphatic carbocycles. The Kier molecular flexibility index (Phi) is 3.70. The Morgan fingerprint density at radius 3 is 2.45 bits per heavy atom. The van der Waals surface area contributed by atoms with Crippen molar-refractivity contribution in [3.63, 3.8) is 0 Å². The Labute approximate surface area is 116 Å². The molecule has 0 amide bonds. The van der Waals surface area contributed by atoms with Crippen LogP contribution in [0.4, 0.5) is 0 Å². The Morgan fingerprint density at radius 1 is 1.20 bits per heavy atom. The zero-order valence-electron chi connectivity index (χ0n) is 11.5. The van der Waals surface area contributed by atoms with E-state index in [1.807, 2.05) is 13.8 Å². The van der Waals surface area contributed by atoms with Gasteiger partial charge >= 0.3 is 5.97 Å². The van der Waals surface area contributed by atoms with Gasteiger partial charge in [-0.25, -0.2) is 4.79 Å². The molecular formula is C15H16O5. The second kappa shape index (κ2) is 5.28. The number of ether oxygens (including phenoxy) is 1. The molecule has 2 N–H and O–H groups in total. The number of esters is 1. The topological polar surface area (TPSA) is 79.9 Å². The first kappa shape index (κ1) is 14.0. The summed E-state index contributed by atoms with van der Waals surface area (Å²) in [5, 5.41) is 18.8. The summed E-state index contributed by atoms with van der Waals surface area (Å²) < 4.78 is 10.4. The predicted octanol–water partition coefficient (Wildman–Crippen LogP) is 3.27. The fourth-order valence-electron chi connectivity index (χ4n) is 1.92. The Bertz CT molecular complexity index is 640. The lowest BCUT2D eigenvalue weighted by atomic mass is 10.1. The Hall–Kier alpha value is -2.43. The molecule has 0 saturated heterocycles. The number of methoxy groups -OCH3 is 1. The third kappa shape index (κ3) is 2.47. The van der Waals surface area contributed by atoms with Gasteiger partial charge in [-0.15, -0.1) is 0 Å². The number of benzene rings is 1. The van der Waals surface area contributed by atoms with Gasteiger partial charge in [0, 0.05) is 11.5 Å². The summed E-state index contributed by atoms with van der Waals surface area (Å²) in [5.74, 6) is 0.0567. The monoisotopic (exact) mass is 276 g/mol. The van der Waals surface area contributed by atoms with Crippen LogP contribution in [0.2, 0.25) is 0 Å². The summed E-state index contributed by atoms with van der Waals surface area (Å²) in [7, 11) is 1.31. The molecule has 1 aromatic carbocycles. The smallest absolute Gasteiger partial charge is 0.341 e. The zero-order chi connectivity index (χ0) is 14.9. The largest absolute Gasteiger partial charge is 0.504 e. The average Bonchev–Trinajstić information content (AvgIpc) is 2.86. The Morgan fingerprint density at radius 2 is 1.90 bits per heavy atom. The van der Waals surface area contributed by atoms with Gasteiger partial charge in [-0.1, -0.05) is 13.8 Å². The van der Waals surface area contributed by atoms with Crippen molar-refractivity contribution < 1.29 is 24.2 Å². The van der Waals surface area contributed by atoms with Crippen LogP contribution in [0.1, 0.15) is 35.9 Å². The second-order valence-corrected chi connectivity index (χ2v) is 4.74. The molecule has 0 aliphatic heterocycles. The van der Waals surface area contributed by atoms with Crippen LogP contribution in [-0.4, -0.2) is 23.3 Å². The van der Waals surface area contributed by atoms with Crippen molar-refractivity contribution in [1.82, 2.24) is 0 Å². The van der Waals surface area contributed by atoms with Gasteiger partial charge in [0.25, 0.3) is 0 Å². The number of carbonyl (C=O) groups is 1. The maximum Gasteiger partial charge on any atom is 0.341 e. The van der Waals surface area contributed by atoms with Crippen molar-refractivity contribution in [2.75, 3.05) is 7.11 Å². The summed E-state index contributed by atoms with van der Waals surface area (Å²) in [6.45, 7) is 3.81. The van der Waals surface area contributed by atoms with E-state index in [9.17, 15) is 15.0 Å². The number of rotatable bonds is 3. The lowest BCUT2D eigenvalue weighted by Gasteiger charge is -2.03. The maximum atomic E-state index is 11.7. The molecule has 5 heteroatoms. The molecule has 20 heavy (non-hydrogen) atoms. The van der Waals surface area contributed by atoms with Crippen molar-refractivity contribution in [3.8, 4) is 22.8 Å². The van der Waals surface area contributed by atoms with Crippen LogP contribution in [0.3, 0.4) is 0 Å². The van der Waals surface area contributed by atoms with E-state index >= 15 is 0 Å². The van der Waals surface area contributed by atoms with Gasteiger partial charge in [-0.05, 0) is 24.3 Å². The van der Waals surface area contributed by atoms with Crippen LogP contribution < -0.4 is 0 Å². The molecule has 0 radical (unpaired) electrons. The summed E-state index contributed by atoms with van der Waals surface area (Å²) in [5.41, 5.74) is 0.933. The molecule has 0 unspecified atom stereocenters. The van der Waals surface area contributed by atoms with Crippen molar-refractivity contribution in [1.29, 1.82) is 0 Å². The molecule has 0 aliphatic rings. The van der Waals surface area contributed by atoms with Crippen LogP contribution in [0.25, 0.3) is 11.3 Å². The number of phenolic OH excluding ortho intramolecular Hbond substituents is 2. The Balaban J connectivity index is 2.52.